The van der Waals surface area contributed by atoms with E-state index >= 15 is 0 Å². The summed E-state index contributed by atoms with van der Waals surface area (Å²) in [5.41, 5.74) is 1.85. The number of carbonyl (C=O) groups is 2. The Balaban J connectivity index is 1.92. The normalized spacial score (nSPS) is 10.5. The highest BCUT2D eigenvalue weighted by Crippen LogP contribution is 2.09. The number of aryl methyl sites for hydroxylation is 1. The summed E-state index contributed by atoms with van der Waals surface area (Å²) in [5.74, 6) is -0.393. The number of benzene rings is 1. The molecule has 0 fully saturated rings. The average Bonchev–Trinajstić information content (AvgIpc) is 2.68. The molecule has 0 saturated heterocycles. The predicted molar refractivity (Wildman–Crippen MR) is 103 cm³/mol. The Bertz CT molecular complexity index is 513. The SMILES string of the molecule is COC(=O)CCCCCCCNCCCCc1ccc(C(=O)OC)cc1. The van der Waals surface area contributed by atoms with Crippen molar-refractivity contribution >= 4 is 11.9 Å². The molecule has 0 bridgehead atoms. The zero-order chi connectivity index (χ0) is 19.0. The summed E-state index contributed by atoms with van der Waals surface area (Å²) in [6, 6.07) is 7.65. The molecule has 0 saturated carbocycles. The van der Waals surface area contributed by atoms with Gasteiger partial charge < -0.3 is 14.8 Å². The van der Waals surface area contributed by atoms with Gasteiger partial charge >= 0.3 is 11.9 Å². The van der Waals surface area contributed by atoms with Crippen LogP contribution in [0.15, 0.2) is 24.3 Å². The van der Waals surface area contributed by atoms with Crippen LogP contribution >= 0.6 is 0 Å². The van der Waals surface area contributed by atoms with Crippen molar-refractivity contribution in [3.63, 3.8) is 0 Å². The van der Waals surface area contributed by atoms with Gasteiger partial charge in [-0.05, 0) is 62.9 Å². The highest BCUT2D eigenvalue weighted by Gasteiger charge is 2.04. The molecule has 0 heterocycles. The lowest BCUT2D eigenvalue weighted by Gasteiger charge is -2.06. The number of hydrogen-bond acceptors (Lipinski definition) is 5. The van der Waals surface area contributed by atoms with E-state index in [1.54, 1.807) is 0 Å². The highest BCUT2D eigenvalue weighted by atomic mass is 16.5. The third-order valence-corrected chi connectivity index (χ3v) is 4.41. The van der Waals surface area contributed by atoms with E-state index in [4.69, 9.17) is 4.74 Å². The first kappa shape index (κ1) is 22.2. The fourth-order valence-electron chi connectivity index (χ4n) is 2.78. The Morgan fingerprint density at radius 1 is 0.808 bits per heavy atom. The van der Waals surface area contributed by atoms with Crippen LogP contribution in [0.2, 0.25) is 0 Å². The molecule has 0 spiro atoms. The molecule has 0 unspecified atom stereocenters. The molecule has 1 N–H and O–H groups in total. The first-order chi connectivity index (χ1) is 12.7. The Hall–Kier alpha value is -1.88. The summed E-state index contributed by atoms with van der Waals surface area (Å²) in [4.78, 5) is 22.3. The molecule has 0 atom stereocenters. The third kappa shape index (κ3) is 10.2. The van der Waals surface area contributed by atoms with Crippen molar-refractivity contribution in [1.29, 1.82) is 0 Å². The smallest absolute Gasteiger partial charge is 0.337 e. The zero-order valence-corrected chi connectivity index (χ0v) is 16.2. The summed E-state index contributed by atoms with van der Waals surface area (Å²) in [7, 11) is 2.84. The van der Waals surface area contributed by atoms with E-state index in [-0.39, 0.29) is 11.9 Å². The Morgan fingerprint density at radius 2 is 1.42 bits per heavy atom. The molecule has 5 heteroatoms. The lowest BCUT2D eigenvalue weighted by molar-refractivity contribution is -0.140. The summed E-state index contributed by atoms with van der Waals surface area (Å²) >= 11 is 0. The predicted octanol–water partition coefficient (Wildman–Crippen LogP) is 3.90. The Kier molecular flexibility index (Phi) is 12.2. The maximum Gasteiger partial charge on any atom is 0.337 e. The summed E-state index contributed by atoms with van der Waals surface area (Å²) in [6.45, 7) is 2.10. The minimum atomic E-state index is -0.288. The van der Waals surface area contributed by atoms with Crippen molar-refractivity contribution in [2.75, 3.05) is 27.3 Å². The zero-order valence-electron chi connectivity index (χ0n) is 16.2. The standard InChI is InChI=1S/C21H33NO4/c1-25-20(23)11-6-4-3-5-8-16-22-17-9-7-10-18-12-14-19(15-13-18)21(24)26-2/h12-15,22H,3-11,16-17H2,1-2H3. The van der Waals surface area contributed by atoms with E-state index < -0.39 is 0 Å². The lowest BCUT2D eigenvalue weighted by atomic mass is 10.1. The maximum absolute atomic E-state index is 11.4. The van der Waals surface area contributed by atoms with Gasteiger partial charge in [0.15, 0.2) is 0 Å². The molecule has 0 amide bonds. The van der Waals surface area contributed by atoms with Crippen molar-refractivity contribution < 1.29 is 19.1 Å². The minimum Gasteiger partial charge on any atom is -0.469 e. The van der Waals surface area contributed by atoms with Gasteiger partial charge in [0.2, 0.25) is 0 Å². The molecule has 1 rings (SSSR count). The number of nitrogens with one attached hydrogen (secondary N) is 1. The minimum absolute atomic E-state index is 0.105. The number of unbranched alkanes of at least 4 members (excludes halogenated alkanes) is 5. The number of esters is 2. The van der Waals surface area contributed by atoms with Gasteiger partial charge in [0.1, 0.15) is 0 Å². The van der Waals surface area contributed by atoms with Gasteiger partial charge in [-0.15, -0.1) is 0 Å². The molecular weight excluding hydrogens is 330 g/mol. The van der Waals surface area contributed by atoms with Crippen LogP contribution in [-0.2, 0) is 20.7 Å². The summed E-state index contributed by atoms with van der Waals surface area (Å²) in [5, 5.41) is 3.49. The monoisotopic (exact) mass is 363 g/mol. The van der Waals surface area contributed by atoms with Gasteiger partial charge in [-0.25, -0.2) is 4.79 Å². The van der Waals surface area contributed by atoms with Crippen LogP contribution in [0.4, 0.5) is 0 Å². The van der Waals surface area contributed by atoms with Crippen molar-refractivity contribution in [2.45, 2.75) is 57.8 Å². The summed E-state index contributed by atoms with van der Waals surface area (Å²) in [6.07, 6.45) is 9.47. The van der Waals surface area contributed by atoms with Gasteiger partial charge in [-0.1, -0.05) is 31.4 Å². The fourth-order valence-corrected chi connectivity index (χ4v) is 2.78. The number of rotatable bonds is 14. The van der Waals surface area contributed by atoms with Crippen LogP contribution in [0.1, 0.15) is 67.3 Å². The Labute approximate surface area is 157 Å². The van der Waals surface area contributed by atoms with Crippen LogP contribution < -0.4 is 5.32 Å². The molecule has 26 heavy (non-hydrogen) atoms. The van der Waals surface area contributed by atoms with Crippen molar-refractivity contribution in [1.82, 2.24) is 5.32 Å². The van der Waals surface area contributed by atoms with E-state index in [1.807, 2.05) is 24.3 Å². The molecular formula is C21H33NO4. The van der Waals surface area contributed by atoms with Gasteiger partial charge in [0, 0.05) is 6.42 Å². The highest BCUT2D eigenvalue weighted by molar-refractivity contribution is 5.89. The van der Waals surface area contributed by atoms with Gasteiger partial charge in [-0.2, -0.15) is 0 Å². The van der Waals surface area contributed by atoms with E-state index in [1.165, 1.54) is 39.0 Å². The topological polar surface area (TPSA) is 64.6 Å². The van der Waals surface area contributed by atoms with Crippen LogP contribution in [0, 0.1) is 0 Å². The van der Waals surface area contributed by atoms with E-state index in [2.05, 4.69) is 10.1 Å². The van der Waals surface area contributed by atoms with E-state index in [0.29, 0.717) is 12.0 Å². The van der Waals surface area contributed by atoms with Crippen LogP contribution in [-0.4, -0.2) is 39.2 Å². The maximum atomic E-state index is 11.4. The van der Waals surface area contributed by atoms with Crippen LogP contribution in [0.25, 0.3) is 0 Å². The molecule has 5 nitrogen and oxygen atoms in total. The molecule has 1 aromatic rings. The largest absolute Gasteiger partial charge is 0.469 e. The van der Waals surface area contributed by atoms with Gasteiger partial charge in [-0.3, -0.25) is 4.79 Å². The first-order valence-corrected chi connectivity index (χ1v) is 9.62. The van der Waals surface area contributed by atoms with Gasteiger partial charge in [0.25, 0.3) is 0 Å². The third-order valence-electron chi connectivity index (χ3n) is 4.41. The number of hydrogen-bond donors (Lipinski definition) is 1. The molecule has 0 aliphatic carbocycles. The second kappa shape index (κ2) is 14.3. The quantitative estimate of drug-likeness (QED) is 0.401. The van der Waals surface area contributed by atoms with Gasteiger partial charge in [0.05, 0.1) is 19.8 Å². The molecule has 1 aromatic carbocycles. The lowest BCUT2D eigenvalue weighted by Crippen LogP contribution is -2.16. The second-order valence-corrected chi connectivity index (χ2v) is 6.49. The summed E-state index contributed by atoms with van der Waals surface area (Å²) < 4.78 is 9.32. The van der Waals surface area contributed by atoms with Crippen LogP contribution in [0.3, 0.4) is 0 Å². The molecule has 0 aliphatic heterocycles. The second-order valence-electron chi connectivity index (χ2n) is 6.49. The molecule has 0 aromatic heterocycles. The van der Waals surface area contributed by atoms with E-state index in [9.17, 15) is 9.59 Å². The average molecular weight is 363 g/mol. The van der Waals surface area contributed by atoms with Crippen molar-refractivity contribution in [3.8, 4) is 0 Å². The first-order valence-electron chi connectivity index (χ1n) is 9.62. The molecule has 146 valence electrons. The van der Waals surface area contributed by atoms with E-state index in [0.717, 1.165) is 45.2 Å². The van der Waals surface area contributed by atoms with Crippen molar-refractivity contribution in [3.05, 3.63) is 35.4 Å². The fraction of sp³-hybridized carbons (Fsp3) is 0.619. The van der Waals surface area contributed by atoms with Crippen molar-refractivity contribution in [2.24, 2.45) is 0 Å². The molecule has 0 aliphatic rings. The number of methoxy groups -OCH3 is 2. The molecule has 0 radical (unpaired) electrons. The Morgan fingerprint density at radius 3 is 2.08 bits per heavy atom. The van der Waals surface area contributed by atoms with Crippen LogP contribution in [0.5, 0.6) is 0 Å². The number of ether oxygens (including phenoxy) is 2. The number of carbonyl (C=O) groups excluding carboxylic acids is 2.